The number of nitrogens with zero attached hydrogens (tertiary/aromatic N) is 1. The molecule has 0 unspecified atom stereocenters. The highest BCUT2D eigenvalue weighted by atomic mass is 32.1. The Kier molecular flexibility index (Phi) is 4.80. The summed E-state index contributed by atoms with van der Waals surface area (Å²) in [6.45, 7) is 3.71. The van der Waals surface area contributed by atoms with E-state index < -0.39 is 5.54 Å². The van der Waals surface area contributed by atoms with E-state index in [9.17, 15) is 4.79 Å². The van der Waals surface area contributed by atoms with Crippen LogP contribution in [-0.2, 0) is 0 Å². The number of urea groups is 1. The van der Waals surface area contributed by atoms with Crippen LogP contribution in [0.2, 0.25) is 0 Å². The van der Waals surface area contributed by atoms with Gasteiger partial charge in [0.25, 0.3) is 0 Å². The Morgan fingerprint density at radius 1 is 1.38 bits per heavy atom. The predicted octanol–water partition coefficient (Wildman–Crippen LogP) is 1.87. The smallest absolute Gasteiger partial charge is 0.320 e. The van der Waals surface area contributed by atoms with E-state index in [1.165, 1.54) is 0 Å². The number of benzene rings is 1. The van der Waals surface area contributed by atoms with Gasteiger partial charge in [0.2, 0.25) is 0 Å². The summed E-state index contributed by atoms with van der Waals surface area (Å²) < 4.78 is 0. The number of thiocarbonyl (C=S) groups is 1. The van der Waals surface area contributed by atoms with Gasteiger partial charge in [0.05, 0.1) is 10.5 Å². The van der Waals surface area contributed by atoms with Gasteiger partial charge in [0.15, 0.2) is 0 Å². The minimum Gasteiger partial charge on any atom is -0.391 e. The number of carbonyl (C=O) groups is 1. The molecular formula is C15H22N4OS. The van der Waals surface area contributed by atoms with Crippen LogP contribution >= 0.6 is 12.2 Å². The number of hydrogen-bond donors (Lipinski definition) is 3. The van der Waals surface area contributed by atoms with Crippen molar-refractivity contribution in [3.05, 3.63) is 29.8 Å². The molecule has 1 aliphatic rings. The fourth-order valence-corrected chi connectivity index (χ4v) is 2.79. The quantitative estimate of drug-likeness (QED) is 0.746. The lowest BCUT2D eigenvalue weighted by Crippen LogP contribution is -2.62. The highest BCUT2D eigenvalue weighted by molar-refractivity contribution is 7.80. The molecule has 1 saturated heterocycles. The maximum Gasteiger partial charge on any atom is 0.320 e. The Morgan fingerprint density at radius 3 is 2.62 bits per heavy atom. The zero-order chi connectivity index (χ0) is 15.5. The predicted molar refractivity (Wildman–Crippen MR) is 89.6 cm³/mol. The second-order valence-electron chi connectivity index (χ2n) is 5.70. The van der Waals surface area contributed by atoms with Crippen LogP contribution < -0.4 is 16.4 Å². The molecule has 0 bridgehead atoms. The first-order chi connectivity index (χ1) is 9.91. The fourth-order valence-electron chi connectivity index (χ4n) is 2.54. The number of nitrogens with two attached hydrogens (primary N) is 1. The van der Waals surface area contributed by atoms with Crippen molar-refractivity contribution in [2.45, 2.75) is 25.3 Å². The van der Waals surface area contributed by atoms with Crippen LogP contribution in [0.3, 0.4) is 0 Å². The SMILES string of the molecule is Cc1cccc(NC(=O)NC2(C(N)=S)CCN(C)CC2)c1. The maximum absolute atomic E-state index is 12.2. The standard InChI is InChI=1S/C15H22N4OS/c1-11-4-3-5-12(10-11)17-14(20)18-15(13(16)21)6-8-19(2)9-7-15/h3-5,10H,6-9H2,1-2H3,(H2,16,21)(H2,17,18,20). The first-order valence-corrected chi connectivity index (χ1v) is 7.46. The molecule has 0 aliphatic carbocycles. The third-order valence-corrected chi connectivity index (χ3v) is 4.33. The zero-order valence-corrected chi connectivity index (χ0v) is 13.3. The van der Waals surface area contributed by atoms with Crippen LogP contribution in [0.15, 0.2) is 24.3 Å². The summed E-state index contributed by atoms with van der Waals surface area (Å²) in [6.07, 6.45) is 1.47. The highest BCUT2D eigenvalue weighted by Crippen LogP contribution is 2.22. The van der Waals surface area contributed by atoms with E-state index in [4.69, 9.17) is 18.0 Å². The number of aryl methyl sites for hydroxylation is 1. The minimum absolute atomic E-state index is 0.266. The van der Waals surface area contributed by atoms with E-state index in [0.717, 1.165) is 37.2 Å². The molecule has 1 aromatic rings. The molecule has 1 aromatic carbocycles. The zero-order valence-electron chi connectivity index (χ0n) is 12.5. The molecule has 5 nitrogen and oxygen atoms in total. The molecule has 1 aliphatic heterocycles. The van der Waals surface area contributed by atoms with Crippen LogP contribution in [-0.4, -0.2) is 41.6 Å². The summed E-state index contributed by atoms with van der Waals surface area (Å²) in [6, 6.07) is 7.40. The lowest BCUT2D eigenvalue weighted by Gasteiger charge is -2.40. The van der Waals surface area contributed by atoms with Crippen molar-refractivity contribution in [3.8, 4) is 0 Å². The van der Waals surface area contributed by atoms with E-state index in [2.05, 4.69) is 22.6 Å². The number of hydrogen-bond acceptors (Lipinski definition) is 3. The number of amides is 2. The van der Waals surface area contributed by atoms with Gasteiger partial charge in [-0.05, 0) is 44.5 Å². The molecule has 4 N–H and O–H groups in total. The summed E-state index contributed by atoms with van der Waals surface area (Å²) >= 11 is 5.19. The van der Waals surface area contributed by atoms with Gasteiger partial charge in [-0.2, -0.15) is 0 Å². The van der Waals surface area contributed by atoms with Gasteiger partial charge in [-0.25, -0.2) is 4.79 Å². The van der Waals surface area contributed by atoms with Gasteiger partial charge in [-0.3, -0.25) is 0 Å². The molecule has 0 saturated carbocycles. The third-order valence-electron chi connectivity index (χ3n) is 3.94. The average molecular weight is 306 g/mol. The molecule has 0 atom stereocenters. The number of rotatable bonds is 3. The van der Waals surface area contributed by atoms with E-state index in [1.54, 1.807) is 0 Å². The van der Waals surface area contributed by atoms with Gasteiger partial charge in [0, 0.05) is 18.8 Å². The Balaban J connectivity index is 2.04. The Labute approximate surface area is 130 Å². The molecular weight excluding hydrogens is 284 g/mol. The lowest BCUT2D eigenvalue weighted by molar-refractivity contribution is 0.199. The molecule has 0 radical (unpaired) electrons. The van der Waals surface area contributed by atoms with Crippen LogP contribution in [0.25, 0.3) is 0 Å². The summed E-state index contributed by atoms with van der Waals surface area (Å²) in [4.78, 5) is 14.8. The maximum atomic E-state index is 12.2. The molecule has 114 valence electrons. The first-order valence-electron chi connectivity index (χ1n) is 7.06. The summed E-state index contributed by atoms with van der Waals surface area (Å²) in [7, 11) is 2.05. The average Bonchev–Trinajstić information content (AvgIpc) is 2.41. The van der Waals surface area contributed by atoms with Crippen molar-refractivity contribution in [2.24, 2.45) is 5.73 Å². The largest absolute Gasteiger partial charge is 0.391 e. The molecule has 21 heavy (non-hydrogen) atoms. The second kappa shape index (κ2) is 6.41. The Morgan fingerprint density at radius 2 is 2.05 bits per heavy atom. The van der Waals surface area contributed by atoms with E-state index in [0.29, 0.717) is 4.99 Å². The van der Waals surface area contributed by atoms with Crippen LogP contribution in [0.1, 0.15) is 18.4 Å². The Hall–Kier alpha value is -1.66. The third kappa shape index (κ3) is 3.92. The molecule has 1 fully saturated rings. The summed E-state index contributed by atoms with van der Waals surface area (Å²) in [5, 5.41) is 5.82. The number of nitrogens with one attached hydrogen (secondary N) is 2. The topological polar surface area (TPSA) is 70.4 Å². The Bertz CT molecular complexity index is 538. The van der Waals surface area contributed by atoms with Crippen molar-refractivity contribution < 1.29 is 4.79 Å². The van der Waals surface area contributed by atoms with E-state index in [-0.39, 0.29) is 6.03 Å². The number of anilines is 1. The normalized spacial score (nSPS) is 18.0. The van der Waals surface area contributed by atoms with Gasteiger partial charge in [0.1, 0.15) is 0 Å². The van der Waals surface area contributed by atoms with Gasteiger partial charge in [-0.15, -0.1) is 0 Å². The summed E-state index contributed by atoms with van der Waals surface area (Å²) in [5.74, 6) is 0. The summed E-state index contributed by atoms with van der Waals surface area (Å²) in [5.41, 5.74) is 7.15. The molecule has 2 amide bonds. The van der Waals surface area contributed by atoms with E-state index >= 15 is 0 Å². The minimum atomic E-state index is -0.588. The van der Waals surface area contributed by atoms with Crippen molar-refractivity contribution >= 4 is 28.9 Å². The second-order valence-corrected chi connectivity index (χ2v) is 6.14. The van der Waals surface area contributed by atoms with Crippen LogP contribution in [0.4, 0.5) is 10.5 Å². The lowest BCUT2D eigenvalue weighted by atomic mass is 9.87. The van der Waals surface area contributed by atoms with Crippen molar-refractivity contribution in [1.29, 1.82) is 0 Å². The van der Waals surface area contributed by atoms with Crippen molar-refractivity contribution in [1.82, 2.24) is 10.2 Å². The molecule has 1 heterocycles. The molecule has 6 heteroatoms. The highest BCUT2D eigenvalue weighted by Gasteiger charge is 2.38. The van der Waals surface area contributed by atoms with Crippen molar-refractivity contribution in [3.63, 3.8) is 0 Å². The monoisotopic (exact) mass is 306 g/mol. The van der Waals surface area contributed by atoms with Crippen LogP contribution in [0.5, 0.6) is 0 Å². The van der Waals surface area contributed by atoms with Gasteiger partial charge in [-0.1, -0.05) is 24.4 Å². The van der Waals surface area contributed by atoms with Crippen molar-refractivity contribution in [2.75, 3.05) is 25.5 Å². The first kappa shape index (κ1) is 15.7. The number of piperidine rings is 1. The fraction of sp³-hybridized carbons (Fsp3) is 0.467. The number of likely N-dealkylation sites (tertiary alicyclic amines) is 1. The van der Waals surface area contributed by atoms with E-state index in [1.807, 2.05) is 31.2 Å². The molecule has 2 rings (SSSR count). The number of carbonyl (C=O) groups excluding carboxylic acids is 1. The van der Waals surface area contributed by atoms with Crippen LogP contribution in [0, 0.1) is 6.92 Å². The molecule has 0 spiro atoms. The van der Waals surface area contributed by atoms with Gasteiger partial charge < -0.3 is 21.3 Å². The molecule has 0 aromatic heterocycles. The van der Waals surface area contributed by atoms with Gasteiger partial charge >= 0.3 is 6.03 Å².